The van der Waals surface area contributed by atoms with Gasteiger partial charge in [0.15, 0.2) is 11.6 Å². The van der Waals surface area contributed by atoms with Crippen LogP contribution in [0.2, 0.25) is 0 Å². The highest BCUT2D eigenvalue weighted by atomic mass is 16.5. The molecule has 4 rings (SSSR count). The summed E-state index contributed by atoms with van der Waals surface area (Å²) in [5.41, 5.74) is 1.38. The van der Waals surface area contributed by atoms with E-state index in [1.165, 1.54) is 0 Å². The summed E-state index contributed by atoms with van der Waals surface area (Å²) < 4.78 is 10.3. The summed E-state index contributed by atoms with van der Waals surface area (Å²) in [6.45, 7) is 2.32. The van der Waals surface area contributed by atoms with Crippen molar-refractivity contribution >= 4 is 17.6 Å². The molecule has 2 aromatic rings. The van der Waals surface area contributed by atoms with Gasteiger partial charge in [-0.1, -0.05) is 0 Å². The third-order valence-electron chi connectivity index (χ3n) is 7.02. The molecule has 34 heavy (non-hydrogen) atoms. The summed E-state index contributed by atoms with van der Waals surface area (Å²) in [5.74, 6) is 1.59. The highest BCUT2D eigenvalue weighted by molar-refractivity contribution is 5.98. The number of carbonyl (C=O) groups excluding carboxylic acids is 3. The first-order chi connectivity index (χ1) is 16.5. The van der Waals surface area contributed by atoms with E-state index < -0.39 is 0 Å². The second kappa shape index (κ2) is 10.7. The Morgan fingerprint density at radius 2 is 0.941 bits per heavy atom. The van der Waals surface area contributed by atoms with E-state index in [1.807, 2.05) is 9.80 Å². The number of ketones is 2. The molecule has 0 aliphatic carbocycles. The number of urea groups is 1. The molecule has 2 aliphatic rings. The van der Waals surface area contributed by atoms with Crippen LogP contribution in [-0.2, 0) is 0 Å². The Labute approximate surface area is 200 Å². The van der Waals surface area contributed by atoms with E-state index in [4.69, 9.17) is 9.47 Å². The summed E-state index contributed by atoms with van der Waals surface area (Å²) in [4.78, 5) is 42.4. The molecule has 0 bridgehead atoms. The number of benzene rings is 2. The Morgan fingerprint density at radius 3 is 1.24 bits per heavy atom. The molecule has 2 amide bonds. The first-order valence-electron chi connectivity index (χ1n) is 11.9. The highest BCUT2D eigenvalue weighted by Gasteiger charge is 2.33. The van der Waals surface area contributed by atoms with Crippen LogP contribution in [0.5, 0.6) is 11.5 Å². The van der Waals surface area contributed by atoms with Crippen molar-refractivity contribution in [3.8, 4) is 11.5 Å². The monoisotopic (exact) mass is 464 g/mol. The fraction of sp³-hybridized carbons (Fsp3) is 0.444. The predicted octanol–water partition coefficient (Wildman–Crippen LogP) is 4.31. The summed E-state index contributed by atoms with van der Waals surface area (Å²) in [6, 6.07) is 14.4. The SMILES string of the molecule is COc1ccc(C(=O)C2CCN(C(=O)N3CCC(C(=O)c4ccc(OC)cc4)CC3)CC2)cc1. The first kappa shape index (κ1) is 23.8. The first-order valence-corrected chi connectivity index (χ1v) is 11.9. The van der Waals surface area contributed by atoms with E-state index in [0.29, 0.717) is 63.0 Å². The molecule has 2 aliphatic heterocycles. The normalized spacial score (nSPS) is 17.4. The number of methoxy groups -OCH3 is 2. The minimum atomic E-state index is -0.0645. The topological polar surface area (TPSA) is 76.2 Å². The van der Waals surface area contributed by atoms with Crippen molar-refractivity contribution in [1.82, 2.24) is 9.80 Å². The van der Waals surface area contributed by atoms with Crippen LogP contribution in [-0.4, -0.2) is 67.8 Å². The van der Waals surface area contributed by atoms with Gasteiger partial charge in [-0.05, 0) is 74.2 Å². The van der Waals surface area contributed by atoms with Gasteiger partial charge in [0.1, 0.15) is 11.5 Å². The van der Waals surface area contributed by atoms with Crippen molar-refractivity contribution in [3.05, 3.63) is 59.7 Å². The van der Waals surface area contributed by atoms with Gasteiger partial charge in [0.25, 0.3) is 0 Å². The van der Waals surface area contributed by atoms with Gasteiger partial charge in [-0.15, -0.1) is 0 Å². The van der Waals surface area contributed by atoms with E-state index in [2.05, 4.69) is 0 Å². The maximum atomic E-state index is 13.0. The lowest BCUT2D eigenvalue weighted by molar-refractivity contribution is 0.0783. The summed E-state index contributed by atoms with van der Waals surface area (Å²) >= 11 is 0. The zero-order valence-electron chi connectivity index (χ0n) is 19.9. The Hall–Kier alpha value is -3.35. The standard InChI is InChI=1S/C27H32N2O5/c1-33-23-7-3-19(4-8-23)25(30)21-11-15-28(16-12-21)27(32)29-17-13-22(14-18-29)26(31)20-5-9-24(34-2)10-6-20/h3-10,21-22H,11-18H2,1-2H3. The fourth-order valence-electron chi connectivity index (χ4n) is 4.85. The van der Waals surface area contributed by atoms with Crippen LogP contribution in [0, 0.1) is 11.8 Å². The van der Waals surface area contributed by atoms with Gasteiger partial charge in [0.2, 0.25) is 0 Å². The van der Waals surface area contributed by atoms with E-state index in [9.17, 15) is 14.4 Å². The Kier molecular flexibility index (Phi) is 7.50. The second-order valence-corrected chi connectivity index (χ2v) is 8.99. The second-order valence-electron chi connectivity index (χ2n) is 8.99. The highest BCUT2D eigenvalue weighted by Crippen LogP contribution is 2.27. The van der Waals surface area contributed by atoms with E-state index in [0.717, 1.165) is 11.5 Å². The van der Waals surface area contributed by atoms with Crippen LogP contribution in [0.3, 0.4) is 0 Å². The fourth-order valence-corrected chi connectivity index (χ4v) is 4.85. The summed E-state index contributed by atoms with van der Waals surface area (Å²) in [6.07, 6.45) is 2.68. The number of rotatable bonds is 6. The molecule has 2 heterocycles. The lowest BCUT2D eigenvalue weighted by Crippen LogP contribution is -2.50. The zero-order valence-corrected chi connectivity index (χ0v) is 19.9. The number of Topliss-reactive ketones (excluding diaryl/α,β-unsaturated/α-hetero) is 2. The van der Waals surface area contributed by atoms with Crippen molar-refractivity contribution in [2.45, 2.75) is 25.7 Å². The van der Waals surface area contributed by atoms with Gasteiger partial charge < -0.3 is 19.3 Å². The van der Waals surface area contributed by atoms with Gasteiger partial charge in [-0.3, -0.25) is 9.59 Å². The summed E-state index contributed by atoms with van der Waals surface area (Å²) in [5, 5.41) is 0. The molecule has 2 saturated heterocycles. The molecule has 0 radical (unpaired) electrons. The molecule has 2 aromatic carbocycles. The molecule has 7 heteroatoms. The molecular formula is C27H32N2O5. The lowest BCUT2D eigenvalue weighted by Gasteiger charge is -2.38. The van der Waals surface area contributed by atoms with Crippen molar-refractivity contribution in [3.63, 3.8) is 0 Å². The molecule has 0 atom stereocenters. The van der Waals surface area contributed by atoms with Crippen molar-refractivity contribution < 1.29 is 23.9 Å². The number of ether oxygens (including phenoxy) is 2. The Bertz CT molecular complexity index is 921. The molecule has 180 valence electrons. The van der Waals surface area contributed by atoms with Gasteiger partial charge in [0.05, 0.1) is 14.2 Å². The third kappa shape index (κ3) is 5.24. The third-order valence-corrected chi connectivity index (χ3v) is 7.02. The number of carbonyl (C=O) groups is 3. The summed E-state index contributed by atoms with van der Waals surface area (Å²) in [7, 11) is 3.20. The predicted molar refractivity (Wildman–Crippen MR) is 129 cm³/mol. The number of likely N-dealkylation sites (tertiary alicyclic amines) is 2. The minimum Gasteiger partial charge on any atom is -0.497 e. The molecular weight excluding hydrogens is 432 g/mol. The van der Waals surface area contributed by atoms with Crippen LogP contribution in [0.15, 0.2) is 48.5 Å². The van der Waals surface area contributed by atoms with Crippen LogP contribution in [0.4, 0.5) is 4.79 Å². The zero-order chi connectivity index (χ0) is 24.1. The van der Waals surface area contributed by atoms with E-state index in [1.54, 1.807) is 62.8 Å². The maximum Gasteiger partial charge on any atom is 0.319 e. The Morgan fingerprint density at radius 1 is 0.618 bits per heavy atom. The van der Waals surface area contributed by atoms with Gasteiger partial charge >= 0.3 is 6.03 Å². The lowest BCUT2D eigenvalue weighted by atomic mass is 9.88. The van der Waals surface area contributed by atoms with E-state index in [-0.39, 0.29) is 29.4 Å². The molecule has 0 aromatic heterocycles. The number of nitrogens with zero attached hydrogens (tertiary/aromatic N) is 2. The number of amides is 2. The number of piperidine rings is 2. The van der Waals surface area contributed by atoms with Gasteiger partial charge in [-0.2, -0.15) is 0 Å². The number of hydrogen-bond donors (Lipinski definition) is 0. The average Bonchev–Trinajstić information content (AvgIpc) is 2.92. The van der Waals surface area contributed by atoms with Crippen molar-refractivity contribution in [1.29, 1.82) is 0 Å². The van der Waals surface area contributed by atoms with Crippen LogP contribution >= 0.6 is 0 Å². The van der Waals surface area contributed by atoms with Crippen molar-refractivity contribution in [2.24, 2.45) is 11.8 Å². The molecule has 0 saturated carbocycles. The average molecular weight is 465 g/mol. The molecule has 0 N–H and O–H groups in total. The molecule has 2 fully saturated rings. The Balaban J connectivity index is 1.25. The molecule has 0 spiro atoms. The quantitative estimate of drug-likeness (QED) is 0.596. The smallest absolute Gasteiger partial charge is 0.319 e. The van der Waals surface area contributed by atoms with Crippen LogP contribution in [0.25, 0.3) is 0 Å². The van der Waals surface area contributed by atoms with Gasteiger partial charge in [0, 0.05) is 49.1 Å². The minimum absolute atomic E-state index is 0.0192. The maximum absolute atomic E-state index is 13.0. The van der Waals surface area contributed by atoms with Crippen LogP contribution in [0.1, 0.15) is 46.4 Å². The molecule has 0 unspecified atom stereocenters. The largest absolute Gasteiger partial charge is 0.497 e. The van der Waals surface area contributed by atoms with E-state index >= 15 is 0 Å². The number of hydrogen-bond acceptors (Lipinski definition) is 5. The van der Waals surface area contributed by atoms with Crippen LogP contribution < -0.4 is 9.47 Å². The van der Waals surface area contributed by atoms with Gasteiger partial charge in [-0.25, -0.2) is 4.79 Å². The molecule has 7 nitrogen and oxygen atoms in total. The van der Waals surface area contributed by atoms with Crippen molar-refractivity contribution in [2.75, 3.05) is 40.4 Å².